The van der Waals surface area contributed by atoms with Crippen molar-refractivity contribution in [3.8, 4) is 11.6 Å². The summed E-state index contributed by atoms with van der Waals surface area (Å²) in [6, 6.07) is 10.2. The predicted octanol–water partition coefficient (Wildman–Crippen LogP) is 2.86. The maximum absolute atomic E-state index is 5.79. The van der Waals surface area contributed by atoms with E-state index in [1.165, 1.54) is 24.0 Å². The van der Waals surface area contributed by atoms with E-state index >= 15 is 0 Å². The van der Waals surface area contributed by atoms with E-state index in [0.717, 1.165) is 24.2 Å². The molecule has 0 amide bonds. The molecule has 0 saturated carbocycles. The first-order valence-corrected chi connectivity index (χ1v) is 6.80. The molecular weight excluding hydrogens is 236 g/mol. The summed E-state index contributed by atoms with van der Waals surface area (Å²) in [5, 5.41) is 0. The highest BCUT2D eigenvalue weighted by molar-refractivity contribution is 5.39. The summed E-state index contributed by atoms with van der Waals surface area (Å²) < 4.78 is 5.79. The Morgan fingerprint density at radius 2 is 2.00 bits per heavy atom. The molecule has 0 unspecified atom stereocenters. The first-order chi connectivity index (χ1) is 9.35. The highest BCUT2D eigenvalue weighted by Crippen LogP contribution is 2.28. The highest BCUT2D eigenvalue weighted by atomic mass is 16.5. The fourth-order valence-corrected chi connectivity index (χ4v) is 2.52. The van der Waals surface area contributed by atoms with Crippen LogP contribution in [0.1, 0.15) is 23.1 Å². The van der Waals surface area contributed by atoms with Gasteiger partial charge in [-0.05, 0) is 61.1 Å². The summed E-state index contributed by atoms with van der Waals surface area (Å²) >= 11 is 0. The Morgan fingerprint density at radius 3 is 2.79 bits per heavy atom. The Hall–Kier alpha value is -1.87. The number of benzene rings is 1. The van der Waals surface area contributed by atoms with Crippen LogP contribution in [0.25, 0.3) is 0 Å². The van der Waals surface area contributed by atoms with Gasteiger partial charge in [-0.1, -0.05) is 12.1 Å². The number of rotatable bonds is 4. The highest BCUT2D eigenvalue weighted by Gasteiger charge is 2.11. The average molecular weight is 254 g/mol. The molecule has 19 heavy (non-hydrogen) atoms. The van der Waals surface area contributed by atoms with Crippen LogP contribution in [0.4, 0.5) is 0 Å². The second kappa shape index (κ2) is 5.41. The van der Waals surface area contributed by atoms with E-state index < -0.39 is 0 Å². The fraction of sp³-hybridized carbons (Fsp3) is 0.312. The van der Waals surface area contributed by atoms with Crippen LogP contribution in [0.15, 0.2) is 36.5 Å². The molecule has 3 heteroatoms. The Labute approximate surface area is 113 Å². The lowest BCUT2D eigenvalue weighted by Gasteiger charge is -2.07. The summed E-state index contributed by atoms with van der Waals surface area (Å²) in [6.07, 6.45) is 6.30. The number of nitrogens with two attached hydrogens (primary N) is 1. The molecule has 3 nitrogen and oxygen atoms in total. The molecule has 1 aromatic carbocycles. The number of ether oxygens (including phenoxy) is 1. The van der Waals surface area contributed by atoms with Crippen molar-refractivity contribution >= 4 is 0 Å². The van der Waals surface area contributed by atoms with Crippen molar-refractivity contribution in [2.75, 3.05) is 6.54 Å². The maximum Gasteiger partial charge on any atom is 0.219 e. The monoisotopic (exact) mass is 254 g/mol. The second-order valence-electron chi connectivity index (χ2n) is 4.93. The van der Waals surface area contributed by atoms with Crippen LogP contribution >= 0.6 is 0 Å². The summed E-state index contributed by atoms with van der Waals surface area (Å²) in [4.78, 5) is 4.31. The van der Waals surface area contributed by atoms with Gasteiger partial charge in [0.2, 0.25) is 5.88 Å². The van der Waals surface area contributed by atoms with E-state index in [-0.39, 0.29) is 0 Å². The number of aryl methyl sites for hydroxylation is 2. The topological polar surface area (TPSA) is 48.1 Å². The molecule has 0 atom stereocenters. The molecule has 0 bridgehead atoms. The van der Waals surface area contributed by atoms with Gasteiger partial charge >= 0.3 is 0 Å². The van der Waals surface area contributed by atoms with E-state index in [1.807, 2.05) is 24.4 Å². The van der Waals surface area contributed by atoms with Gasteiger partial charge in [0.1, 0.15) is 5.75 Å². The van der Waals surface area contributed by atoms with E-state index in [0.29, 0.717) is 12.4 Å². The van der Waals surface area contributed by atoms with Gasteiger partial charge in [0.05, 0.1) is 0 Å². The predicted molar refractivity (Wildman–Crippen MR) is 75.5 cm³/mol. The van der Waals surface area contributed by atoms with Crippen molar-refractivity contribution in [1.82, 2.24) is 4.98 Å². The van der Waals surface area contributed by atoms with Gasteiger partial charge in [-0.15, -0.1) is 0 Å². The van der Waals surface area contributed by atoms with Crippen molar-refractivity contribution in [2.24, 2.45) is 5.73 Å². The van der Waals surface area contributed by atoms with Crippen molar-refractivity contribution in [3.05, 3.63) is 53.2 Å². The molecule has 1 aliphatic rings. The van der Waals surface area contributed by atoms with E-state index in [1.54, 1.807) is 0 Å². The lowest BCUT2D eigenvalue weighted by atomic mass is 10.1. The van der Waals surface area contributed by atoms with Crippen LogP contribution in [-0.2, 0) is 19.3 Å². The molecule has 0 radical (unpaired) electrons. The Kier molecular flexibility index (Phi) is 3.47. The molecule has 2 aromatic rings. The van der Waals surface area contributed by atoms with Crippen molar-refractivity contribution < 1.29 is 4.74 Å². The summed E-state index contributed by atoms with van der Waals surface area (Å²) in [6.45, 7) is 0.646. The SMILES string of the molecule is NCCc1ccc(Oc2ccc3c(c2)CCC3)nc1. The minimum Gasteiger partial charge on any atom is -0.439 e. The molecule has 98 valence electrons. The van der Waals surface area contributed by atoms with E-state index in [4.69, 9.17) is 10.5 Å². The third kappa shape index (κ3) is 2.76. The lowest BCUT2D eigenvalue weighted by Crippen LogP contribution is -2.02. The number of hydrogen-bond acceptors (Lipinski definition) is 3. The summed E-state index contributed by atoms with van der Waals surface area (Å²) in [7, 11) is 0. The molecule has 3 rings (SSSR count). The van der Waals surface area contributed by atoms with Crippen molar-refractivity contribution in [1.29, 1.82) is 0 Å². The van der Waals surface area contributed by atoms with Crippen LogP contribution in [0.2, 0.25) is 0 Å². The second-order valence-corrected chi connectivity index (χ2v) is 4.93. The first kappa shape index (κ1) is 12.2. The number of pyridine rings is 1. The largest absolute Gasteiger partial charge is 0.439 e. The number of nitrogens with zero attached hydrogens (tertiary/aromatic N) is 1. The molecule has 1 aliphatic carbocycles. The van der Waals surface area contributed by atoms with Crippen LogP contribution in [0.3, 0.4) is 0 Å². The van der Waals surface area contributed by atoms with Gasteiger partial charge < -0.3 is 10.5 Å². The van der Waals surface area contributed by atoms with Gasteiger partial charge in [0.25, 0.3) is 0 Å². The van der Waals surface area contributed by atoms with Crippen molar-refractivity contribution in [3.63, 3.8) is 0 Å². The fourth-order valence-electron chi connectivity index (χ4n) is 2.52. The smallest absolute Gasteiger partial charge is 0.219 e. The van der Waals surface area contributed by atoms with E-state index in [2.05, 4.69) is 17.1 Å². The Balaban J connectivity index is 1.74. The quantitative estimate of drug-likeness (QED) is 0.912. The molecule has 0 saturated heterocycles. The number of aromatic nitrogens is 1. The van der Waals surface area contributed by atoms with E-state index in [9.17, 15) is 0 Å². The Bertz CT molecular complexity index is 563. The maximum atomic E-state index is 5.79. The van der Waals surface area contributed by atoms with Crippen LogP contribution in [0, 0.1) is 0 Å². The van der Waals surface area contributed by atoms with Gasteiger partial charge in [0, 0.05) is 12.3 Å². The van der Waals surface area contributed by atoms with Crippen molar-refractivity contribution in [2.45, 2.75) is 25.7 Å². The molecule has 0 spiro atoms. The van der Waals surface area contributed by atoms with Crippen LogP contribution < -0.4 is 10.5 Å². The molecule has 1 heterocycles. The normalized spacial score (nSPS) is 13.3. The third-order valence-electron chi connectivity index (χ3n) is 3.52. The molecule has 1 aromatic heterocycles. The van der Waals surface area contributed by atoms with Crippen LogP contribution in [-0.4, -0.2) is 11.5 Å². The molecule has 0 aliphatic heterocycles. The Morgan fingerprint density at radius 1 is 1.11 bits per heavy atom. The number of fused-ring (bicyclic) bond motifs is 1. The van der Waals surface area contributed by atoms with Gasteiger partial charge in [-0.3, -0.25) is 0 Å². The standard InChI is InChI=1S/C16H18N2O/c17-9-8-12-4-7-16(18-11-12)19-15-6-5-13-2-1-3-14(13)10-15/h4-7,10-11H,1-3,8-9,17H2. The lowest BCUT2D eigenvalue weighted by molar-refractivity contribution is 0.462. The summed E-state index contributed by atoms with van der Waals surface area (Å²) in [5.74, 6) is 1.51. The molecule has 0 fully saturated rings. The zero-order valence-electron chi connectivity index (χ0n) is 10.9. The molecule has 2 N–H and O–H groups in total. The van der Waals surface area contributed by atoms with Gasteiger partial charge in [-0.2, -0.15) is 0 Å². The zero-order valence-corrected chi connectivity index (χ0v) is 10.9. The minimum absolute atomic E-state index is 0.638. The van der Waals surface area contributed by atoms with Gasteiger partial charge in [0.15, 0.2) is 0 Å². The third-order valence-corrected chi connectivity index (χ3v) is 3.52. The zero-order chi connectivity index (χ0) is 13.1. The molecular formula is C16H18N2O. The first-order valence-electron chi connectivity index (χ1n) is 6.80. The van der Waals surface area contributed by atoms with Gasteiger partial charge in [-0.25, -0.2) is 4.98 Å². The average Bonchev–Trinajstić information content (AvgIpc) is 2.89. The summed E-state index contributed by atoms with van der Waals surface area (Å²) in [5.41, 5.74) is 9.53. The van der Waals surface area contributed by atoms with Crippen LogP contribution in [0.5, 0.6) is 11.6 Å². The minimum atomic E-state index is 0.638. The number of hydrogen-bond donors (Lipinski definition) is 1.